The van der Waals surface area contributed by atoms with Crippen LogP contribution < -0.4 is 5.73 Å². The van der Waals surface area contributed by atoms with Gasteiger partial charge in [0.05, 0.1) is 44.9 Å². The molecule has 0 spiro atoms. The van der Waals surface area contributed by atoms with Crippen molar-refractivity contribution in [2.75, 3.05) is 18.9 Å². The molecule has 0 bridgehead atoms. The van der Waals surface area contributed by atoms with Crippen molar-refractivity contribution in [3.63, 3.8) is 0 Å². The monoisotopic (exact) mass is 571 g/mol. The number of rotatable bonds is 8. The standard InChI is InChI=1S/C25H26IN5O3/c26-23-22-24(30-25(27)29-23)31(16-28-22)19-11-20(33-13-18-9-5-2-6-10-18)21(34-14-19)15-32-12-17-7-3-1-4-8-17/h1-10,16,19-21H,11-15H2,(H2,27,29,30)/t19-,20+,21-/m1/s1. The maximum absolute atomic E-state index is 6.37. The van der Waals surface area contributed by atoms with Crippen molar-refractivity contribution in [1.82, 2.24) is 19.5 Å². The zero-order valence-corrected chi connectivity index (χ0v) is 20.7. The molecule has 5 rings (SSSR count). The molecule has 1 fully saturated rings. The summed E-state index contributed by atoms with van der Waals surface area (Å²) in [6, 6.07) is 20.3. The number of fused-ring (bicyclic) bond motifs is 1. The van der Waals surface area contributed by atoms with Crippen LogP contribution in [-0.2, 0) is 27.4 Å². The van der Waals surface area contributed by atoms with E-state index < -0.39 is 0 Å². The molecule has 1 aliphatic heterocycles. The third-order valence-corrected chi connectivity index (χ3v) is 6.66. The molecule has 0 amide bonds. The molecule has 176 valence electrons. The molecule has 0 aliphatic carbocycles. The van der Waals surface area contributed by atoms with Gasteiger partial charge in [-0.1, -0.05) is 60.7 Å². The molecular weight excluding hydrogens is 545 g/mol. The SMILES string of the molecule is Nc1nc(I)c2ncn([C@H]3CO[C@H](COCc4ccccc4)[C@@H](OCc4ccccc4)C3)c2n1. The summed E-state index contributed by atoms with van der Waals surface area (Å²) in [5.41, 5.74) is 9.62. The molecule has 0 saturated carbocycles. The van der Waals surface area contributed by atoms with Crippen molar-refractivity contribution in [2.45, 2.75) is 37.9 Å². The van der Waals surface area contributed by atoms with Crippen molar-refractivity contribution < 1.29 is 14.2 Å². The minimum atomic E-state index is -0.168. The maximum Gasteiger partial charge on any atom is 0.223 e. The van der Waals surface area contributed by atoms with Crippen molar-refractivity contribution in [2.24, 2.45) is 0 Å². The summed E-state index contributed by atoms with van der Waals surface area (Å²) >= 11 is 2.14. The molecule has 8 nitrogen and oxygen atoms in total. The second-order valence-corrected chi connectivity index (χ2v) is 9.32. The number of nitrogens with zero attached hydrogens (tertiary/aromatic N) is 4. The van der Waals surface area contributed by atoms with Gasteiger partial charge in [-0.25, -0.2) is 9.97 Å². The van der Waals surface area contributed by atoms with E-state index >= 15 is 0 Å². The predicted octanol–water partition coefficient (Wildman–Crippen LogP) is 4.15. The quantitative estimate of drug-likeness (QED) is 0.251. The number of anilines is 1. The lowest BCUT2D eigenvalue weighted by atomic mass is 10.0. The number of nitrogens with two attached hydrogens (primary N) is 1. The average molecular weight is 571 g/mol. The van der Waals surface area contributed by atoms with Crippen LogP contribution in [0, 0.1) is 3.70 Å². The first-order chi connectivity index (χ1) is 16.7. The first kappa shape index (κ1) is 23.2. The summed E-state index contributed by atoms with van der Waals surface area (Å²) in [5.74, 6) is 0.236. The molecule has 4 aromatic rings. The Hall–Kier alpha value is -2.60. The van der Waals surface area contributed by atoms with Gasteiger partial charge in [0.2, 0.25) is 5.95 Å². The molecule has 9 heteroatoms. The molecule has 0 radical (unpaired) electrons. The topological polar surface area (TPSA) is 97.3 Å². The van der Waals surface area contributed by atoms with Crippen LogP contribution >= 0.6 is 22.6 Å². The van der Waals surface area contributed by atoms with Crippen LogP contribution in [0.2, 0.25) is 0 Å². The van der Waals surface area contributed by atoms with Crippen LogP contribution in [0.15, 0.2) is 67.0 Å². The second-order valence-electron chi connectivity index (χ2n) is 8.29. The van der Waals surface area contributed by atoms with Gasteiger partial charge >= 0.3 is 0 Å². The summed E-state index contributed by atoms with van der Waals surface area (Å²) in [6.45, 7) is 2.01. The molecule has 2 N–H and O–H groups in total. The molecule has 34 heavy (non-hydrogen) atoms. The molecule has 3 heterocycles. The highest BCUT2D eigenvalue weighted by Gasteiger charge is 2.34. The largest absolute Gasteiger partial charge is 0.374 e. The van der Waals surface area contributed by atoms with Crippen molar-refractivity contribution in [3.8, 4) is 0 Å². The van der Waals surface area contributed by atoms with E-state index in [1.807, 2.05) is 41.0 Å². The van der Waals surface area contributed by atoms with E-state index in [4.69, 9.17) is 19.9 Å². The lowest BCUT2D eigenvalue weighted by Crippen LogP contribution is -2.43. The lowest BCUT2D eigenvalue weighted by Gasteiger charge is -2.36. The van der Waals surface area contributed by atoms with E-state index in [-0.39, 0.29) is 24.2 Å². The van der Waals surface area contributed by atoms with E-state index in [2.05, 4.69) is 61.8 Å². The van der Waals surface area contributed by atoms with Crippen LogP contribution in [0.4, 0.5) is 5.95 Å². The number of hydrogen-bond donors (Lipinski definition) is 1. The van der Waals surface area contributed by atoms with E-state index in [9.17, 15) is 0 Å². The van der Waals surface area contributed by atoms with Crippen LogP contribution in [0.3, 0.4) is 0 Å². The molecule has 2 aromatic heterocycles. The fraction of sp³-hybridized carbons (Fsp3) is 0.320. The molecule has 1 saturated heterocycles. The predicted molar refractivity (Wildman–Crippen MR) is 137 cm³/mol. The highest BCUT2D eigenvalue weighted by Crippen LogP contribution is 2.30. The molecule has 2 aromatic carbocycles. The van der Waals surface area contributed by atoms with Crippen molar-refractivity contribution in [1.29, 1.82) is 0 Å². The summed E-state index contributed by atoms with van der Waals surface area (Å²) in [7, 11) is 0. The molecular formula is C25H26IN5O3. The van der Waals surface area contributed by atoms with E-state index in [1.165, 1.54) is 0 Å². The summed E-state index contributed by atoms with van der Waals surface area (Å²) in [4.78, 5) is 13.2. The Kier molecular flexibility index (Phi) is 7.33. The fourth-order valence-corrected chi connectivity index (χ4v) is 4.79. The van der Waals surface area contributed by atoms with Crippen LogP contribution in [0.5, 0.6) is 0 Å². The van der Waals surface area contributed by atoms with Gasteiger partial charge in [0.25, 0.3) is 0 Å². The molecule has 1 aliphatic rings. The average Bonchev–Trinajstić information content (AvgIpc) is 3.29. The number of hydrogen-bond acceptors (Lipinski definition) is 7. The normalized spacial score (nSPS) is 20.6. The zero-order chi connectivity index (χ0) is 23.3. The van der Waals surface area contributed by atoms with E-state index in [1.54, 1.807) is 6.33 Å². The minimum Gasteiger partial charge on any atom is -0.374 e. The summed E-state index contributed by atoms with van der Waals surface area (Å²) < 4.78 is 21.4. The Morgan fingerprint density at radius 1 is 1.00 bits per heavy atom. The van der Waals surface area contributed by atoms with Gasteiger partial charge in [-0.2, -0.15) is 4.98 Å². The van der Waals surface area contributed by atoms with Gasteiger partial charge in [0, 0.05) is 0 Å². The van der Waals surface area contributed by atoms with Gasteiger partial charge in [-0.05, 0) is 40.1 Å². The Labute approximate surface area is 211 Å². The van der Waals surface area contributed by atoms with E-state index in [0.29, 0.717) is 32.1 Å². The zero-order valence-electron chi connectivity index (χ0n) is 18.6. The Morgan fingerprint density at radius 2 is 1.71 bits per heavy atom. The number of nitrogen functional groups attached to an aromatic ring is 1. The summed E-state index contributed by atoms with van der Waals surface area (Å²) in [6.07, 6.45) is 2.22. The highest BCUT2D eigenvalue weighted by molar-refractivity contribution is 14.1. The molecule has 0 unspecified atom stereocenters. The van der Waals surface area contributed by atoms with Gasteiger partial charge in [-0.3, -0.25) is 0 Å². The van der Waals surface area contributed by atoms with E-state index in [0.717, 1.165) is 26.8 Å². The third-order valence-electron chi connectivity index (χ3n) is 5.91. The summed E-state index contributed by atoms with van der Waals surface area (Å²) in [5, 5.41) is 0. The van der Waals surface area contributed by atoms with Crippen molar-refractivity contribution in [3.05, 3.63) is 81.8 Å². The smallest absolute Gasteiger partial charge is 0.223 e. The number of ether oxygens (including phenoxy) is 3. The lowest BCUT2D eigenvalue weighted by molar-refractivity contribution is -0.150. The molecule has 3 atom stereocenters. The van der Waals surface area contributed by atoms with Gasteiger partial charge in [0.15, 0.2) is 5.65 Å². The third kappa shape index (κ3) is 5.38. The Bertz CT molecular complexity index is 1220. The first-order valence-corrected chi connectivity index (χ1v) is 12.3. The number of aromatic nitrogens is 4. The highest BCUT2D eigenvalue weighted by atomic mass is 127. The maximum atomic E-state index is 6.37. The van der Waals surface area contributed by atoms with Crippen LogP contribution in [0.1, 0.15) is 23.6 Å². The van der Waals surface area contributed by atoms with Crippen molar-refractivity contribution >= 4 is 39.7 Å². The van der Waals surface area contributed by atoms with Gasteiger partial charge < -0.3 is 24.5 Å². The Morgan fingerprint density at radius 3 is 2.44 bits per heavy atom. The van der Waals surface area contributed by atoms with Gasteiger partial charge in [0.1, 0.15) is 15.3 Å². The number of benzene rings is 2. The number of imidazole rings is 1. The fourth-order valence-electron chi connectivity index (χ4n) is 4.16. The number of halogens is 1. The second kappa shape index (κ2) is 10.8. The minimum absolute atomic E-state index is 0.0150. The first-order valence-electron chi connectivity index (χ1n) is 11.2. The van der Waals surface area contributed by atoms with Crippen LogP contribution in [-0.4, -0.2) is 44.9 Å². The Balaban J connectivity index is 1.31. The van der Waals surface area contributed by atoms with Gasteiger partial charge in [-0.15, -0.1) is 0 Å². The van der Waals surface area contributed by atoms with Crippen LogP contribution in [0.25, 0.3) is 11.2 Å².